The quantitative estimate of drug-likeness (QED) is 0.372. The molecule has 6 heteroatoms. The Morgan fingerprint density at radius 2 is 1.84 bits per heavy atom. The fourth-order valence-corrected chi connectivity index (χ4v) is 1.59. The van der Waals surface area contributed by atoms with Crippen molar-refractivity contribution in [1.29, 1.82) is 0 Å². The second-order valence-corrected chi connectivity index (χ2v) is 3.75. The molecule has 3 N–H and O–H groups in total. The molecule has 1 rings (SSSR count). The predicted octanol–water partition coefficient (Wildman–Crippen LogP) is 1.52. The van der Waals surface area contributed by atoms with Crippen LogP contribution in [0.2, 0.25) is 0 Å². The van der Waals surface area contributed by atoms with E-state index in [1.165, 1.54) is 39.3 Å². The van der Waals surface area contributed by atoms with Crippen molar-refractivity contribution in [3.05, 3.63) is 35.1 Å². The number of carbonyl (C=O) groups excluding carboxylic acids is 2. The molecule has 0 heterocycles. The van der Waals surface area contributed by atoms with Gasteiger partial charge in [0, 0.05) is 11.3 Å². The highest BCUT2D eigenvalue weighted by atomic mass is 16.5. The summed E-state index contributed by atoms with van der Waals surface area (Å²) in [6.45, 7) is 1.35. The van der Waals surface area contributed by atoms with Gasteiger partial charge in [-0.3, -0.25) is 0 Å². The number of benzene rings is 1. The van der Waals surface area contributed by atoms with Gasteiger partial charge in [-0.15, -0.1) is 0 Å². The molecule has 102 valence electrons. The van der Waals surface area contributed by atoms with Gasteiger partial charge in [0.05, 0.1) is 19.8 Å². The van der Waals surface area contributed by atoms with E-state index in [1.807, 2.05) is 0 Å². The molecule has 0 saturated carbocycles. The molecule has 0 atom stereocenters. The topological polar surface area (TPSA) is 98.8 Å². The zero-order valence-electron chi connectivity index (χ0n) is 10.9. The molecule has 0 aliphatic heterocycles. The molecule has 0 fully saturated rings. The molecular weight excluding hydrogens is 250 g/mol. The molecule has 0 bridgehead atoms. The van der Waals surface area contributed by atoms with E-state index < -0.39 is 11.9 Å². The van der Waals surface area contributed by atoms with Gasteiger partial charge < -0.3 is 20.3 Å². The number of anilines is 1. The molecule has 1 aromatic rings. The first-order valence-corrected chi connectivity index (χ1v) is 5.38. The zero-order valence-corrected chi connectivity index (χ0v) is 10.9. The summed E-state index contributed by atoms with van der Waals surface area (Å²) in [6, 6.07) is 4.27. The maximum atomic E-state index is 11.6. The highest BCUT2D eigenvalue weighted by Crippen LogP contribution is 2.26. The third kappa shape index (κ3) is 3.04. The highest BCUT2D eigenvalue weighted by Gasteiger charge is 2.19. The van der Waals surface area contributed by atoms with Crippen LogP contribution in [-0.2, 0) is 14.3 Å². The number of allylic oxidation sites excluding steroid dienone is 1. The van der Waals surface area contributed by atoms with Crippen LogP contribution in [0.3, 0.4) is 0 Å². The van der Waals surface area contributed by atoms with Crippen LogP contribution in [0.15, 0.2) is 24.0 Å². The standard InChI is InChI=1S/C13H15NO5/c1-7(15)11(13(17)19-3)9-5-4-8(6-10(9)14)12(16)18-2/h4-6,15H,14H2,1-3H3/b11-7-. The van der Waals surface area contributed by atoms with E-state index in [2.05, 4.69) is 9.47 Å². The summed E-state index contributed by atoms with van der Waals surface area (Å²) in [4.78, 5) is 22.9. The molecule has 0 aliphatic carbocycles. The smallest absolute Gasteiger partial charge is 0.341 e. The van der Waals surface area contributed by atoms with Crippen LogP contribution in [0.4, 0.5) is 5.69 Å². The molecule has 0 unspecified atom stereocenters. The molecule has 0 saturated heterocycles. The SMILES string of the molecule is COC(=O)/C(=C(/C)O)c1ccc(C(=O)OC)cc1N. The van der Waals surface area contributed by atoms with Gasteiger partial charge in [-0.05, 0) is 19.1 Å². The lowest BCUT2D eigenvalue weighted by atomic mass is 10.0. The second-order valence-electron chi connectivity index (χ2n) is 3.75. The number of nitrogens with two attached hydrogens (primary N) is 1. The monoisotopic (exact) mass is 265 g/mol. The number of ether oxygens (including phenoxy) is 2. The van der Waals surface area contributed by atoms with Crippen LogP contribution in [0.25, 0.3) is 5.57 Å². The average molecular weight is 265 g/mol. The zero-order chi connectivity index (χ0) is 14.6. The minimum Gasteiger partial charge on any atom is -0.512 e. The second kappa shape index (κ2) is 5.90. The first-order chi connectivity index (χ1) is 8.92. The van der Waals surface area contributed by atoms with E-state index >= 15 is 0 Å². The molecule has 19 heavy (non-hydrogen) atoms. The average Bonchev–Trinajstić information content (AvgIpc) is 2.39. The Kier molecular flexibility index (Phi) is 4.52. The van der Waals surface area contributed by atoms with E-state index in [1.54, 1.807) is 0 Å². The summed E-state index contributed by atoms with van der Waals surface area (Å²) >= 11 is 0. The molecule has 0 spiro atoms. The largest absolute Gasteiger partial charge is 0.512 e. The van der Waals surface area contributed by atoms with Crippen LogP contribution in [-0.4, -0.2) is 31.3 Å². The molecule has 0 radical (unpaired) electrons. The Morgan fingerprint density at radius 3 is 2.26 bits per heavy atom. The van der Waals surface area contributed by atoms with Gasteiger partial charge in [0.2, 0.25) is 0 Å². The third-order valence-corrected chi connectivity index (χ3v) is 2.49. The first kappa shape index (κ1) is 14.6. The van der Waals surface area contributed by atoms with Crippen molar-refractivity contribution in [2.75, 3.05) is 20.0 Å². The van der Waals surface area contributed by atoms with Gasteiger partial charge >= 0.3 is 11.9 Å². The van der Waals surface area contributed by atoms with Crippen LogP contribution < -0.4 is 5.73 Å². The van der Waals surface area contributed by atoms with Crippen molar-refractivity contribution in [2.45, 2.75) is 6.92 Å². The molecule has 0 amide bonds. The number of methoxy groups -OCH3 is 2. The number of nitrogen functional groups attached to an aromatic ring is 1. The summed E-state index contributed by atoms with van der Waals surface area (Å²) < 4.78 is 9.14. The van der Waals surface area contributed by atoms with E-state index in [9.17, 15) is 14.7 Å². The van der Waals surface area contributed by atoms with Crippen molar-refractivity contribution in [3.63, 3.8) is 0 Å². The molecular formula is C13H15NO5. The Bertz CT molecular complexity index is 544. The van der Waals surface area contributed by atoms with Gasteiger partial charge in [0.25, 0.3) is 0 Å². The third-order valence-electron chi connectivity index (χ3n) is 2.49. The van der Waals surface area contributed by atoms with Crippen molar-refractivity contribution in [1.82, 2.24) is 0 Å². The number of aliphatic hydroxyl groups excluding tert-OH is 1. The molecule has 0 aromatic heterocycles. The summed E-state index contributed by atoms with van der Waals surface area (Å²) in [5.74, 6) is -1.47. The Labute approximate surface area is 110 Å². The molecule has 1 aromatic carbocycles. The minimum absolute atomic E-state index is 0.0450. The fourth-order valence-electron chi connectivity index (χ4n) is 1.59. The summed E-state index contributed by atoms with van der Waals surface area (Å²) in [5.41, 5.74) is 6.45. The highest BCUT2D eigenvalue weighted by molar-refractivity contribution is 6.18. The minimum atomic E-state index is -0.711. The van der Waals surface area contributed by atoms with Gasteiger partial charge in [-0.25, -0.2) is 9.59 Å². The number of rotatable bonds is 3. The lowest BCUT2D eigenvalue weighted by Gasteiger charge is -2.10. The Balaban J connectivity index is 3.33. The first-order valence-electron chi connectivity index (χ1n) is 5.38. The number of carbonyl (C=O) groups is 2. The number of hydrogen-bond donors (Lipinski definition) is 2. The lowest BCUT2D eigenvalue weighted by molar-refractivity contribution is -0.133. The predicted molar refractivity (Wildman–Crippen MR) is 69.4 cm³/mol. The summed E-state index contributed by atoms with van der Waals surface area (Å²) in [6.07, 6.45) is 0. The van der Waals surface area contributed by atoms with Crippen LogP contribution >= 0.6 is 0 Å². The maximum absolute atomic E-state index is 11.6. The van der Waals surface area contributed by atoms with Crippen molar-refractivity contribution in [3.8, 4) is 0 Å². The van der Waals surface area contributed by atoms with Crippen molar-refractivity contribution >= 4 is 23.2 Å². The number of hydrogen-bond acceptors (Lipinski definition) is 6. The van der Waals surface area contributed by atoms with Crippen LogP contribution in [0, 0.1) is 0 Å². The number of aliphatic hydroxyl groups is 1. The Hall–Kier alpha value is -2.50. The van der Waals surface area contributed by atoms with Gasteiger partial charge in [-0.2, -0.15) is 0 Å². The van der Waals surface area contributed by atoms with E-state index in [0.717, 1.165) is 0 Å². The van der Waals surface area contributed by atoms with Gasteiger partial charge in [0.15, 0.2) is 0 Å². The fraction of sp³-hybridized carbons (Fsp3) is 0.231. The van der Waals surface area contributed by atoms with Gasteiger partial charge in [-0.1, -0.05) is 6.07 Å². The van der Waals surface area contributed by atoms with Gasteiger partial charge in [0.1, 0.15) is 11.3 Å². The lowest BCUT2D eigenvalue weighted by Crippen LogP contribution is -2.10. The normalized spacial score (nSPS) is 11.5. The summed E-state index contributed by atoms with van der Waals surface area (Å²) in [7, 11) is 2.45. The molecule has 0 aliphatic rings. The van der Waals surface area contributed by atoms with Crippen molar-refractivity contribution in [2.24, 2.45) is 0 Å². The van der Waals surface area contributed by atoms with E-state index in [4.69, 9.17) is 5.73 Å². The van der Waals surface area contributed by atoms with Crippen LogP contribution in [0.1, 0.15) is 22.8 Å². The van der Waals surface area contributed by atoms with Crippen molar-refractivity contribution < 1.29 is 24.2 Å². The number of esters is 2. The maximum Gasteiger partial charge on any atom is 0.341 e. The molecule has 6 nitrogen and oxygen atoms in total. The Morgan fingerprint density at radius 1 is 1.21 bits per heavy atom. The van der Waals surface area contributed by atoms with E-state index in [0.29, 0.717) is 5.56 Å². The van der Waals surface area contributed by atoms with E-state index in [-0.39, 0.29) is 22.6 Å². The summed E-state index contributed by atoms with van der Waals surface area (Å²) in [5, 5.41) is 9.55. The van der Waals surface area contributed by atoms with Crippen LogP contribution in [0.5, 0.6) is 0 Å².